The molecule has 0 saturated heterocycles. The molecule has 0 saturated carbocycles. The molecular formula is C7H20O3Si2. The monoisotopic (exact) mass is 208 g/mol. The lowest BCUT2D eigenvalue weighted by molar-refractivity contribution is 0.308. The van der Waals surface area contributed by atoms with Crippen LogP contribution in [-0.4, -0.2) is 26.7 Å². The van der Waals surface area contributed by atoms with E-state index >= 15 is 0 Å². The number of hydrogen-bond acceptors (Lipinski definition) is 3. The van der Waals surface area contributed by atoms with E-state index in [9.17, 15) is 9.59 Å². The van der Waals surface area contributed by atoms with Crippen LogP contribution in [0.3, 0.4) is 0 Å². The van der Waals surface area contributed by atoms with Gasteiger partial charge in [-0.3, -0.25) is 0 Å². The van der Waals surface area contributed by atoms with Gasteiger partial charge in [0.2, 0.25) is 0 Å². The van der Waals surface area contributed by atoms with E-state index < -0.39 is 17.1 Å². The van der Waals surface area contributed by atoms with Crippen molar-refractivity contribution in [2.45, 2.75) is 45.5 Å². The van der Waals surface area contributed by atoms with Gasteiger partial charge in [0.15, 0.2) is 0 Å². The minimum absolute atomic E-state index is 0.639. The normalized spacial score (nSPS) is 21.5. The summed E-state index contributed by atoms with van der Waals surface area (Å²) in [6.45, 7) is 7.37. The molecule has 0 bridgehead atoms. The minimum Gasteiger partial charge on any atom is -0.415 e. The van der Waals surface area contributed by atoms with Gasteiger partial charge in [-0.15, -0.1) is 0 Å². The van der Waals surface area contributed by atoms with Crippen molar-refractivity contribution < 1.29 is 13.7 Å². The van der Waals surface area contributed by atoms with Crippen molar-refractivity contribution >= 4 is 17.1 Å². The Morgan fingerprint density at radius 2 is 1.58 bits per heavy atom. The highest BCUT2D eigenvalue weighted by molar-refractivity contribution is 6.78. The molecule has 0 radical (unpaired) electrons. The molecule has 0 aromatic rings. The van der Waals surface area contributed by atoms with Crippen molar-refractivity contribution in [2.75, 3.05) is 0 Å². The predicted octanol–water partition coefficient (Wildman–Crippen LogP) is 1.56. The van der Waals surface area contributed by atoms with Crippen LogP contribution in [-0.2, 0) is 4.12 Å². The number of hydrogen-bond donors (Lipinski definition) is 2. The van der Waals surface area contributed by atoms with Crippen LogP contribution < -0.4 is 0 Å². The molecule has 0 spiro atoms. The van der Waals surface area contributed by atoms with Gasteiger partial charge in [0.1, 0.15) is 0 Å². The summed E-state index contributed by atoms with van der Waals surface area (Å²) in [6.07, 6.45) is 0.910. The van der Waals surface area contributed by atoms with Crippen LogP contribution in [0, 0.1) is 0 Å². The van der Waals surface area contributed by atoms with Gasteiger partial charge in [-0.25, -0.2) is 0 Å². The van der Waals surface area contributed by atoms with Gasteiger partial charge in [-0.05, 0) is 25.2 Å². The lowest BCUT2D eigenvalue weighted by Crippen LogP contribution is -2.48. The molecule has 0 aromatic heterocycles. The largest absolute Gasteiger partial charge is 0.415 e. The standard InChI is InChI=1S/C7H20O3Si2/c1-5-7-12(4,9)10-11(3,8)6-2/h8-9H,5-7H2,1-4H3. The van der Waals surface area contributed by atoms with Gasteiger partial charge in [0.05, 0.1) is 0 Å². The van der Waals surface area contributed by atoms with Crippen LogP contribution in [0.2, 0.25) is 25.2 Å². The lowest BCUT2D eigenvalue weighted by Gasteiger charge is -2.28. The summed E-state index contributed by atoms with van der Waals surface area (Å²) < 4.78 is 5.40. The first-order chi connectivity index (χ1) is 5.33. The zero-order valence-corrected chi connectivity index (χ0v) is 10.4. The fraction of sp³-hybridized carbons (Fsp3) is 1.00. The maximum atomic E-state index is 9.77. The summed E-state index contributed by atoms with van der Waals surface area (Å²) in [5.41, 5.74) is 0. The Labute approximate surface area is 76.9 Å². The molecule has 0 heterocycles. The average molecular weight is 208 g/mol. The SMILES string of the molecule is CCC[Si](C)(O)O[Si](C)(O)CC. The summed E-state index contributed by atoms with van der Waals surface area (Å²) in [7, 11) is -5.09. The molecule has 0 amide bonds. The van der Waals surface area contributed by atoms with Gasteiger partial charge in [-0.2, -0.15) is 0 Å². The highest BCUT2D eigenvalue weighted by Crippen LogP contribution is 2.17. The van der Waals surface area contributed by atoms with E-state index in [0.717, 1.165) is 6.42 Å². The van der Waals surface area contributed by atoms with E-state index in [1.807, 2.05) is 13.8 Å². The fourth-order valence-corrected chi connectivity index (χ4v) is 6.76. The molecule has 0 aliphatic carbocycles. The Bertz CT molecular complexity index is 137. The maximum Gasteiger partial charge on any atom is 0.323 e. The smallest absolute Gasteiger partial charge is 0.323 e. The highest BCUT2D eigenvalue weighted by Gasteiger charge is 2.36. The fourth-order valence-electron chi connectivity index (χ4n) is 1.06. The first kappa shape index (κ1) is 12.3. The molecule has 74 valence electrons. The molecular weight excluding hydrogens is 188 g/mol. The molecule has 5 heteroatoms. The Hall–Kier alpha value is 0.314. The van der Waals surface area contributed by atoms with Crippen LogP contribution >= 0.6 is 0 Å². The van der Waals surface area contributed by atoms with Crippen LogP contribution in [0.25, 0.3) is 0 Å². The Kier molecular flexibility index (Phi) is 4.64. The molecule has 0 aromatic carbocycles. The molecule has 12 heavy (non-hydrogen) atoms. The van der Waals surface area contributed by atoms with Gasteiger partial charge in [-0.1, -0.05) is 20.3 Å². The minimum atomic E-state index is -2.55. The van der Waals surface area contributed by atoms with Crippen LogP contribution in [0.4, 0.5) is 0 Å². The molecule has 0 aliphatic rings. The Balaban J connectivity index is 4.04. The van der Waals surface area contributed by atoms with Gasteiger partial charge in [0, 0.05) is 0 Å². The van der Waals surface area contributed by atoms with Gasteiger partial charge in [0.25, 0.3) is 0 Å². The summed E-state index contributed by atoms with van der Waals surface area (Å²) in [5.74, 6) is 0. The topological polar surface area (TPSA) is 49.7 Å². The van der Waals surface area contributed by atoms with E-state index in [4.69, 9.17) is 4.12 Å². The predicted molar refractivity (Wildman–Crippen MR) is 54.3 cm³/mol. The maximum absolute atomic E-state index is 9.77. The quantitative estimate of drug-likeness (QED) is 0.674. The zero-order valence-electron chi connectivity index (χ0n) is 8.42. The Morgan fingerprint density at radius 1 is 1.08 bits per heavy atom. The Morgan fingerprint density at radius 3 is 1.92 bits per heavy atom. The van der Waals surface area contributed by atoms with Crippen molar-refractivity contribution in [1.82, 2.24) is 0 Å². The first-order valence-corrected chi connectivity index (χ1v) is 9.60. The van der Waals surface area contributed by atoms with Crippen LogP contribution in [0.1, 0.15) is 20.3 Å². The van der Waals surface area contributed by atoms with Crippen molar-refractivity contribution in [3.8, 4) is 0 Å². The highest BCUT2D eigenvalue weighted by atomic mass is 28.5. The van der Waals surface area contributed by atoms with Gasteiger partial charge < -0.3 is 13.7 Å². The summed E-state index contributed by atoms with van der Waals surface area (Å²) in [6, 6.07) is 1.34. The van der Waals surface area contributed by atoms with Crippen LogP contribution in [0.15, 0.2) is 0 Å². The average Bonchev–Trinajstić information content (AvgIpc) is 1.85. The molecule has 0 aliphatic heterocycles. The van der Waals surface area contributed by atoms with Crippen molar-refractivity contribution in [3.05, 3.63) is 0 Å². The van der Waals surface area contributed by atoms with Crippen LogP contribution in [0.5, 0.6) is 0 Å². The second kappa shape index (κ2) is 4.52. The molecule has 0 fully saturated rings. The lowest BCUT2D eigenvalue weighted by atomic mass is 10.6. The summed E-state index contributed by atoms with van der Waals surface area (Å²) >= 11 is 0. The molecule has 2 unspecified atom stereocenters. The first-order valence-electron chi connectivity index (χ1n) is 4.48. The summed E-state index contributed by atoms with van der Waals surface area (Å²) in [5, 5.41) is 0. The van der Waals surface area contributed by atoms with E-state index in [2.05, 4.69) is 0 Å². The second-order valence-corrected chi connectivity index (χ2v) is 10.3. The third kappa shape index (κ3) is 5.05. The van der Waals surface area contributed by atoms with E-state index in [0.29, 0.717) is 12.1 Å². The third-order valence-corrected chi connectivity index (χ3v) is 8.07. The van der Waals surface area contributed by atoms with Crippen molar-refractivity contribution in [1.29, 1.82) is 0 Å². The zero-order chi connectivity index (χ0) is 9.83. The molecule has 3 nitrogen and oxygen atoms in total. The number of rotatable bonds is 5. The van der Waals surface area contributed by atoms with Crippen molar-refractivity contribution in [3.63, 3.8) is 0 Å². The van der Waals surface area contributed by atoms with Gasteiger partial charge >= 0.3 is 17.1 Å². The second-order valence-electron chi connectivity index (χ2n) is 3.56. The van der Waals surface area contributed by atoms with Crippen molar-refractivity contribution in [2.24, 2.45) is 0 Å². The molecule has 2 atom stereocenters. The third-order valence-electron chi connectivity index (χ3n) is 1.81. The molecule has 0 rings (SSSR count). The van der Waals surface area contributed by atoms with E-state index in [-0.39, 0.29) is 0 Å². The van der Waals surface area contributed by atoms with E-state index in [1.165, 1.54) is 0 Å². The summed E-state index contributed by atoms with van der Waals surface area (Å²) in [4.78, 5) is 19.4. The molecule has 2 N–H and O–H groups in total. The van der Waals surface area contributed by atoms with E-state index in [1.54, 1.807) is 13.1 Å².